The van der Waals surface area contributed by atoms with E-state index in [2.05, 4.69) is 30.9 Å². The van der Waals surface area contributed by atoms with Gasteiger partial charge in [0.1, 0.15) is 0 Å². The van der Waals surface area contributed by atoms with Crippen molar-refractivity contribution in [3.8, 4) is 0 Å². The van der Waals surface area contributed by atoms with E-state index in [9.17, 15) is 0 Å². The molecule has 0 saturated carbocycles. The summed E-state index contributed by atoms with van der Waals surface area (Å²) in [7, 11) is 1.82. The van der Waals surface area contributed by atoms with Gasteiger partial charge in [0.15, 0.2) is 5.76 Å². The van der Waals surface area contributed by atoms with Crippen molar-refractivity contribution in [2.75, 3.05) is 20.1 Å². The maximum Gasteiger partial charge on any atom is 0.190 e. The maximum absolute atomic E-state index is 5.26. The Morgan fingerprint density at radius 1 is 1.17 bits per heavy atom. The molecule has 3 aliphatic rings. The van der Waals surface area contributed by atoms with Gasteiger partial charge >= 0.3 is 0 Å². The standard InChI is InChI=1S/C14H20N2O2/c1-14(2)11(12-10-15(3)18-17-12)6-7-13(14)16-8-4-5-9-16/h6-7,10H,4-5,8-9H2,1-3H3. The molecule has 1 saturated heterocycles. The van der Waals surface area contributed by atoms with Crippen LogP contribution in [-0.2, 0) is 9.88 Å². The van der Waals surface area contributed by atoms with Crippen LogP contribution in [0.4, 0.5) is 0 Å². The fraction of sp³-hybridized carbons (Fsp3) is 0.571. The second-order valence-electron chi connectivity index (χ2n) is 5.65. The number of hydrogen-bond acceptors (Lipinski definition) is 4. The number of hydroxylamine groups is 2. The molecule has 3 rings (SSSR count). The molecule has 4 heteroatoms. The van der Waals surface area contributed by atoms with E-state index in [4.69, 9.17) is 9.88 Å². The van der Waals surface area contributed by atoms with Crippen LogP contribution >= 0.6 is 0 Å². The molecule has 2 aliphatic heterocycles. The molecule has 0 unspecified atom stereocenters. The minimum absolute atomic E-state index is 0.00921. The van der Waals surface area contributed by atoms with E-state index in [0.29, 0.717) is 0 Å². The van der Waals surface area contributed by atoms with E-state index in [1.807, 2.05) is 13.2 Å². The zero-order valence-corrected chi connectivity index (χ0v) is 11.3. The van der Waals surface area contributed by atoms with Crippen LogP contribution in [0.5, 0.6) is 0 Å². The van der Waals surface area contributed by atoms with Crippen LogP contribution in [0.2, 0.25) is 0 Å². The molecule has 0 aromatic rings. The van der Waals surface area contributed by atoms with Crippen LogP contribution in [0.3, 0.4) is 0 Å². The van der Waals surface area contributed by atoms with E-state index >= 15 is 0 Å². The highest BCUT2D eigenvalue weighted by molar-refractivity contribution is 5.47. The molecule has 0 aromatic heterocycles. The van der Waals surface area contributed by atoms with Crippen molar-refractivity contribution in [2.24, 2.45) is 5.41 Å². The minimum atomic E-state index is -0.00921. The quantitative estimate of drug-likeness (QED) is 0.701. The van der Waals surface area contributed by atoms with Gasteiger partial charge in [-0.25, -0.2) is 5.06 Å². The summed E-state index contributed by atoms with van der Waals surface area (Å²) >= 11 is 0. The average Bonchev–Trinajstić information content (AvgIpc) is 2.98. The van der Waals surface area contributed by atoms with Crippen LogP contribution < -0.4 is 0 Å². The number of nitrogens with zero attached hydrogens (tertiary/aromatic N) is 2. The summed E-state index contributed by atoms with van der Waals surface area (Å²) in [5, 5.41) is 1.58. The lowest BCUT2D eigenvalue weighted by Gasteiger charge is -2.33. The fourth-order valence-corrected chi connectivity index (χ4v) is 2.99. The van der Waals surface area contributed by atoms with Crippen LogP contribution in [0.15, 0.2) is 35.4 Å². The van der Waals surface area contributed by atoms with E-state index in [1.54, 1.807) is 5.06 Å². The number of rotatable bonds is 2. The third-order valence-electron chi connectivity index (χ3n) is 3.98. The van der Waals surface area contributed by atoms with E-state index in [-0.39, 0.29) is 5.41 Å². The third-order valence-corrected chi connectivity index (χ3v) is 3.98. The van der Waals surface area contributed by atoms with Crippen LogP contribution in [-0.4, -0.2) is 30.1 Å². The summed E-state index contributed by atoms with van der Waals surface area (Å²) in [4.78, 5) is 12.7. The van der Waals surface area contributed by atoms with Crippen LogP contribution in [0.1, 0.15) is 26.7 Å². The fourth-order valence-electron chi connectivity index (χ4n) is 2.99. The van der Waals surface area contributed by atoms with Gasteiger partial charge in [-0.2, -0.15) is 0 Å². The topological polar surface area (TPSA) is 24.9 Å². The molecular formula is C14H20N2O2. The molecule has 0 bridgehead atoms. The lowest BCUT2D eigenvalue weighted by atomic mass is 9.83. The zero-order valence-electron chi connectivity index (χ0n) is 11.3. The largest absolute Gasteiger partial charge is 0.374 e. The Morgan fingerprint density at radius 3 is 2.50 bits per heavy atom. The Kier molecular flexibility index (Phi) is 2.63. The Bertz CT molecular complexity index is 443. The molecular weight excluding hydrogens is 228 g/mol. The second-order valence-corrected chi connectivity index (χ2v) is 5.65. The molecule has 1 aliphatic carbocycles. The molecule has 18 heavy (non-hydrogen) atoms. The number of allylic oxidation sites excluding steroid dienone is 4. The first-order valence-electron chi connectivity index (χ1n) is 6.56. The van der Waals surface area contributed by atoms with Gasteiger partial charge in [0.05, 0.1) is 6.20 Å². The van der Waals surface area contributed by atoms with Crippen molar-refractivity contribution in [1.29, 1.82) is 0 Å². The average molecular weight is 248 g/mol. The minimum Gasteiger partial charge on any atom is -0.374 e. The smallest absolute Gasteiger partial charge is 0.190 e. The Labute approximate surface area is 108 Å². The predicted molar refractivity (Wildman–Crippen MR) is 68.8 cm³/mol. The molecule has 1 fully saturated rings. The Morgan fingerprint density at radius 2 is 1.89 bits per heavy atom. The number of likely N-dealkylation sites (tertiary alicyclic amines) is 1. The van der Waals surface area contributed by atoms with Crippen molar-refractivity contribution < 1.29 is 9.88 Å². The lowest BCUT2D eigenvalue weighted by molar-refractivity contribution is -0.354. The molecule has 4 nitrogen and oxygen atoms in total. The summed E-state index contributed by atoms with van der Waals surface area (Å²) in [6, 6.07) is 0. The molecule has 2 heterocycles. The molecule has 0 aromatic carbocycles. The molecule has 98 valence electrons. The van der Waals surface area contributed by atoms with Gasteiger partial charge in [-0.1, -0.05) is 24.9 Å². The Balaban J connectivity index is 1.82. The third kappa shape index (κ3) is 1.72. The monoisotopic (exact) mass is 248 g/mol. The van der Waals surface area contributed by atoms with Crippen molar-refractivity contribution in [3.05, 3.63) is 35.4 Å². The van der Waals surface area contributed by atoms with Gasteiger partial charge in [-0.3, -0.25) is 0 Å². The maximum atomic E-state index is 5.26. The molecule has 0 N–H and O–H groups in total. The van der Waals surface area contributed by atoms with Crippen molar-refractivity contribution in [1.82, 2.24) is 9.96 Å². The Hall–Kier alpha value is -1.42. The van der Waals surface area contributed by atoms with Crippen molar-refractivity contribution in [2.45, 2.75) is 26.7 Å². The molecule has 0 radical (unpaired) electrons. The van der Waals surface area contributed by atoms with E-state index in [0.717, 1.165) is 5.76 Å². The summed E-state index contributed by atoms with van der Waals surface area (Å²) < 4.78 is 0. The van der Waals surface area contributed by atoms with Crippen LogP contribution in [0.25, 0.3) is 0 Å². The highest BCUT2D eigenvalue weighted by Crippen LogP contribution is 2.46. The van der Waals surface area contributed by atoms with E-state index in [1.165, 1.54) is 37.2 Å². The van der Waals surface area contributed by atoms with Gasteiger partial charge in [0, 0.05) is 36.8 Å². The first-order chi connectivity index (χ1) is 8.59. The lowest BCUT2D eigenvalue weighted by Crippen LogP contribution is -2.29. The highest BCUT2D eigenvalue weighted by atomic mass is 17.3. The van der Waals surface area contributed by atoms with Gasteiger partial charge in [0.2, 0.25) is 0 Å². The van der Waals surface area contributed by atoms with Gasteiger partial charge < -0.3 is 9.79 Å². The van der Waals surface area contributed by atoms with Crippen molar-refractivity contribution in [3.63, 3.8) is 0 Å². The normalized spacial score (nSPS) is 26.1. The zero-order chi connectivity index (χ0) is 12.8. The van der Waals surface area contributed by atoms with Gasteiger partial charge in [-0.05, 0) is 18.9 Å². The summed E-state index contributed by atoms with van der Waals surface area (Å²) in [5.41, 5.74) is 2.58. The predicted octanol–water partition coefficient (Wildman–Crippen LogP) is 2.58. The molecule has 0 amide bonds. The van der Waals surface area contributed by atoms with E-state index < -0.39 is 0 Å². The summed E-state index contributed by atoms with van der Waals surface area (Å²) in [5.74, 6) is 0.813. The first kappa shape index (κ1) is 11.7. The van der Waals surface area contributed by atoms with Gasteiger partial charge in [-0.15, -0.1) is 0 Å². The number of hydrogen-bond donors (Lipinski definition) is 0. The second kappa shape index (κ2) is 4.05. The van der Waals surface area contributed by atoms with Crippen molar-refractivity contribution >= 4 is 0 Å². The highest BCUT2D eigenvalue weighted by Gasteiger charge is 2.39. The van der Waals surface area contributed by atoms with Crippen LogP contribution in [0, 0.1) is 5.41 Å². The first-order valence-corrected chi connectivity index (χ1v) is 6.56. The molecule has 0 atom stereocenters. The SMILES string of the molecule is CN1C=C(C2=CC=C(N3CCCC3)C2(C)C)OO1. The summed E-state index contributed by atoms with van der Waals surface area (Å²) in [6.07, 6.45) is 8.86. The van der Waals surface area contributed by atoms with Gasteiger partial charge in [0.25, 0.3) is 0 Å². The summed E-state index contributed by atoms with van der Waals surface area (Å²) in [6.45, 7) is 6.84. The molecule has 0 spiro atoms.